The fourth-order valence-corrected chi connectivity index (χ4v) is 2.84. The summed E-state index contributed by atoms with van der Waals surface area (Å²) in [6, 6.07) is 13.1. The first-order valence-electron chi connectivity index (χ1n) is 6.76. The molecule has 0 aromatic heterocycles. The lowest BCUT2D eigenvalue weighted by molar-refractivity contribution is 0.757. The molecule has 1 heteroatoms. The van der Waals surface area contributed by atoms with Crippen molar-refractivity contribution in [2.75, 3.05) is 18.0 Å². The number of nitrogens with zero attached hydrogens (tertiary/aromatic N) is 1. The molecule has 2 aromatic carbocycles. The number of unbranched alkanes of at least 4 members (excludes halogenated alkanes) is 1. The number of anilines is 1. The Labute approximate surface area is 109 Å². The van der Waals surface area contributed by atoms with Crippen molar-refractivity contribution in [1.82, 2.24) is 0 Å². The van der Waals surface area contributed by atoms with Crippen LogP contribution in [-0.2, 0) is 0 Å². The van der Waals surface area contributed by atoms with Crippen LogP contribution in [0.15, 0.2) is 43.0 Å². The lowest BCUT2D eigenvalue weighted by Crippen LogP contribution is -2.21. The van der Waals surface area contributed by atoms with E-state index in [1.165, 1.54) is 40.4 Å². The molecule has 1 heterocycles. The van der Waals surface area contributed by atoms with Crippen LogP contribution in [0.4, 0.5) is 5.69 Å². The second-order valence-electron chi connectivity index (χ2n) is 5.06. The van der Waals surface area contributed by atoms with Crippen molar-refractivity contribution >= 4 is 22.0 Å². The van der Waals surface area contributed by atoms with Crippen LogP contribution in [0.3, 0.4) is 0 Å². The van der Waals surface area contributed by atoms with E-state index >= 15 is 0 Å². The van der Waals surface area contributed by atoms with E-state index in [4.69, 9.17) is 0 Å². The van der Waals surface area contributed by atoms with Gasteiger partial charge in [-0.1, -0.05) is 50.3 Å². The fraction of sp³-hybridized carbons (Fsp3) is 0.294. The van der Waals surface area contributed by atoms with E-state index in [0.29, 0.717) is 0 Å². The van der Waals surface area contributed by atoms with E-state index in [1.807, 2.05) is 0 Å². The van der Waals surface area contributed by atoms with Crippen LogP contribution in [0.2, 0.25) is 0 Å². The zero-order valence-electron chi connectivity index (χ0n) is 10.9. The smallest absolute Gasteiger partial charge is 0.0452 e. The van der Waals surface area contributed by atoms with Crippen molar-refractivity contribution < 1.29 is 0 Å². The van der Waals surface area contributed by atoms with Gasteiger partial charge in [0, 0.05) is 24.3 Å². The summed E-state index contributed by atoms with van der Waals surface area (Å²) >= 11 is 0. The number of hydrogen-bond acceptors (Lipinski definition) is 1. The summed E-state index contributed by atoms with van der Waals surface area (Å²) in [6.45, 7) is 8.63. The summed E-state index contributed by atoms with van der Waals surface area (Å²) in [6.07, 6.45) is 2.49. The molecule has 0 fully saturated rings. The maximum Gasteiger partial charge on any atom is 0.0452 e. The van der Waals surface area contributed by atoms with Crippen LogP contribution < -0.4 is 4.90 Å². The molecule has 0 radical (unpaired) electrons. The van der Waals surface area contributed by atoms with Crippen molar-refractivity contribution in [3.63, 3.8) is 0 Å². The zero-order valence-corrected chi connectivity index (χ0v) is 10.9. The van der Waals surface area contributed by atoms with E-state index in [9.17, 15) is 0 Å². The zero-order chi connectivity index (χ0) is 12.5. The maximum atomic E-state index is 4.26. The third-order valence-corrected chi connectivity index (χ3v) is 3.76. The summed E-state index contributed by atoms with van der Waals surface area (Å²) in [5.41, 5.74) is 3.99. The molecule has 1 nitrogen and oxygen atoms in total. The Kier molecular flexibility index (Phi) is 2.83. The quantitative estimate of drug-likeness (QED) is 0.761. The molecule has 0 spiro atoms. The molecule has 1 aliphatic rings. The van der Waals surface area contributed by atoms with Crippen molar-refractivity contribution in [3.05, 3.63) is 48.5 Å². The number of rotatable bonds is 3. The number of hydrogen-bond donors (Lipinski definition) is 0. The molecule has 92 valence electrons. The molecule has 0 amide bonds. The SMILES string of the molecule is C=C1CN(CCCC)c2ccc3ccccc3c21. The minimum absolute atomic E-state index is 0.989. The van der Waals surface area contributed by atoms with Gasteiger partial charge in [0.2, 0.25) is 0 Å². The van der Waals surface area contributed by atoms with Gasteiger partial charge < -0.3 is 4.90 Å². The molecule has 0 saturated carbocycles. The largest absolute Gasteiger partial charge is 0.367 e. The first-order chi connectivity index (χ1) is 8.81. The van der Waals surface area contributed by atoms with Gasteiger partial charge in [-0.25, -0.2) is 0 Å². The van der Waals surface area contributed by atoms with Gasteiger partial charge in [0.05, 0.1) is 0 Å². The highest BCUT2D eigenvalue weighted by molar-refractivity contribution is 6.02. The third-order valence-electron chi connectivity index (χ3n) is 3.76. The average molecular weight is 237 g/mol. The summed E-state index contributed by atoms with van der Waals surface area (Å²) in [7, 11) is 0. The van der Waals surface area contributed by atoms with Crippen LogP contribution in [0.5, 0.6) is 0 Å². The summed E-state index contributed by atoms with van der Waals surface area (Å²) in [5, 5.41) is 2.66. The Bertz CT molecular complexity index is 598. The monoisotopic (exact) mass is 237 g/mol. The van der Waals surface area contributed by atoms with Gasteiger partial charge in [0.25, 0.3) is 0 Å². The summed E-state index contributed by atoms with van der Waals surface area (Å²) in [4.78, 5) is 2.47. The Balaban J connectivity index is 2.11. The lowest BCUT2D eigenvalue weighted by Gasteiger charge is -2.18. The normalized spacial score (nSPS) is 14.3. The van der Waals surface area contributed by atoms with E-state index in [1.54, 1.807) is 0 Å². The van der Waals surface area contributed by atoms with Gasteiger partial charge in [-0.3, -0.25) is 0 Å². The number of benzene rings is 2. The molecular formula is C17H19N. The van der Waals surface area contributed by atoms with Crippen LogP contribution in [0.1, 0.15) is 25.3 Å². The standard InChI is InChI=1S/C17H19N/c1-3-4-11-18-12-13(2)17-15-8-6-5-7-14(15)9-10-16(17)18/h5-10H,2-4,11-12H2,1H3. The van der Waals surface area contributed by atoms with E-state index in [2.05, 4.69) is 54.8 Å². The van der Waals surface area contributed by atoms with Crippen LogP contribution in [0, 0.1) is 0 Å². The average Bonchev–Trinajstić information content (AvgIpc) is 2.73. The minimum atomic E-state index is 0.989. The van der Waals surface area contributed by atoms with Crippen molar-refractivity contribution in [3.8, 4) is 0 Å². The fourth-order valence-electron chi connectivity index (χ4n) is 2.84. The van der Waals surface area contributed by atoms with E-state index < -0.39 is 0 Å². The van der Waals surface area contributed by atoms with Crippen molar-refractivity contribution in [2.45, 2.75) is 19.8 Å². The molecule has 2 aromatic rings. The lowest BCUT2D eigenvalue weighted by atomic mass is 10.00. The second-order valence-corrected chi connectivity index (χ2v) is 5.06. The highest BCUT2D eigenvalue weighted by Gasteiger charge is 2.23. The van der Waals surface area contributed by atoms with Crippen molar-refractivity contribution in [1.29, 1.82) is 0 Å². The molecule has 0 bridgehead atoms. The van der Waals surface area contributed by atoms with Gasteiger partial charge in [-0.05, 0) is 28.8 Å². The van der Waals surface area contributed by atoms with Crippen LogP contribution >= 0.6 is 0 Å². The Morgan fingerprint density at radius 1 is 1.17 bits per heavy atom. The van der Waals surface area contributed by atoms with Crippen LogP contribution in [0.25, 0.3) is 16.3 Å². The molecule has 0 aliphatic carbocycles. The predicted molar refractivity (Wildman–Crippen MR) is 80.1 cm³/mol. The number of fused-ring (bicyclic) bond motifs is 3. The Morgan fingerprint density at radius 2 is 2.00 bits per heavy atom. The predicted octanol–water partition coefficient (Wildman–Crippen LogP) is 4.47. The molecule has 18 heavy (non-hydrogen) atoms. The molecule has 1 aliphatic heterocycles. The van der Waals surface area contributed by atoms with Gasteiger partial charge in [-0.2, -0.15) is 0 Å². The molecule has 0 unspecified atom stereocenters. The van der Waals surface area contributed by atoms with Crippen LogP contribution in [-0.4, -0.2) is 13.1 Å². The molecule has 3 rings (SSSR count). The third kappa shape index (κ3) is 1.71. The highest BCUT2D eigenvalue weighted by Crippen LogP contribution is 2.39. The molecular weight excluding hydrogens is 218 g/mol. The van der Waals surface area contributed by atoms with Gasteiger partial charge in [-0.15, -0.1) is 0 Å². The summed E-state index contributed by atoms with van der Waals surface area (Å²) < 4.78 is 0. The van der Waals surface area contributed by atoms with Gasteiger partial charge in [0.15, 0.2) is 0 Å². The first kappa shape index (κ1) is 11.3. The maximum absolute atomic E-state index is 4.26. The summed E-state index contributed by atoms with van der Waals surface area (Å²) in [5.74, 6) is 0. The molecule has 0 saturated heterocycles. The van der Waals surface area contributed by atoms with Crippen molar-refractivity contribution in [2.24, 2.45) is 0 Å². The van der Waals surface area contributed by atoms with Gasteiger partial charge >= 0.3 is 0 Å². The highest BCUT2D eigenvalue weighted by atomic mass is 15.1. The van der Waals surface area contributed by atoms with E-state index in [0.717, 1.165) is 13.1 Å². The minimum Gasteiger partial charge on any atom is -0.367 e. The molecule has 0 N–H and O–H groups in total. The van der Waals surface area contributed by atoms with E-state index in [-0.39, 0.29) is 0 Å². The second kappa shape index (κ2) is 4.49. The Hall–Kier alpha value is -1.76. The Morgan fingerprint density at radius 3 is 2.83 bits per heavy atom. The first-order valence-corrected chi connectivity index (χ1v) is 6.76. The topological polar surface area (TPSA) is 3.24 Å². The molecule has 0 atom stereocenters. The van der Waals surface area contributed by atoms with Gasteiger partial charge in [0.1, 0.15) is 0 Å².